The lowest BCUT2D eigenvalue weighted by Gasteiger charge is -2.31. The molecule has 0 bridgehead atoms. The Hall–Kier alpha value is -0.700. The summed E-state index contributed by atoms with van der Waals surface area (Å²) in [4.78, 5) is 13.2. The van der Waals surface area contributed by atoms with Gasteiger partial charge < -0.3 is 5.11 Å². The Morgan fingerprint density at radius 3 is 2.67 bits per heavy atom. The lowest BCUT2D eigenvalue weighted by Crippen LogP contribution is -2.50. The standard InChI is InChI=1S/C13H25N3O4S/c1-10(15(2)12-5-6-12)8-14-21(19,20)16-7-3-4-11(9-16)13(17)18/h10-12,14H,3-9H2,1-2H3,(H,17,18). The van der Waals surface area contributed by atoms with Crippen molar-refractivity contribution in [3.8, 4) is 0 Å². The maximum absolute atomic E-state index is 12.3. The number of piperidine rings is 1. The number of hydrogen-bond donors (Lipinski definition) is 2. The summed E-state index contributed by atoms with van der Waals surface area (Å²) >= 11 is 0. The Labute approximate surface area is 126 Å². The van der Waals surface area contributed by atoms with Gasteiger partial charge in [-0.1, -0.05) is 0 Å². The van der Waals surface area contributed by atoms with E-state index in [1.165, 1.54) is 17.1 Å². The molecule has 8 heteroatoms. The van der Waals surface area contributed by atoms with Gasteiger partial charge >= 0.3 is 5.97 Å². The van der Waals surface area contributed by atoms with Crippen LogP contribution < -0.4 is 4.72 Å². The fraction of sp³-hybridized carbons (Fsp3) is 0.923. The van der Waals surface area contributed by atoms with Crippen molar-refractivity contribution in [2.45, 2.75) is 44.7 Å². The average Bonchev–Trinajstić information content (AvgIpc) is 3.28. The molecular formula is C13H25N3O4S. The van der Waals surface area contributed by atoms with Crippen LogP contribution in [0.15, 0.2) is 0 Å². The molecule has 0 radical (unpaired) electrons. The molecule has 0 amide bonds. The van der Waals surface area contributed by atoms with Gasteiger partial charge in [0.2, 0.25) is 0 Å². The Kier molecular flexibility index (Phi) is 5.24. The van der Waals surface area contributed by atoms with E-state index in [2.05, 4.69) is 9.62 Å². The minimum atomic E-state index is -3.59. The SMILES string of the molecule is CC(CNS(=O)(=O)N1CCCC(C(=O)O)C1)N(C)C1CC1. The van der Waals surface area contributed by atoms with Gasteiger partial charge in [0.25, 0.3) is 10.2 Å². The molecule has 2 rings (SSSR count). The highest BCUT2D eigenvalue weighted by atomic mass is 32.2. The smallest absolute Gasteiger partial charge is 0.307 e. The number of likely N-dealkylation sites (N-methyl/N-ethyl adjacent to an activating group) is 1. The van der Waals surface area contributed by atoms with Crippen molar-refractivity contribution in [2.24, 2.45) is 5.92 Å². The van der Waals surface area contributed by atoms with E-state index in [0.29, 0.717) is 32.0 Å². The number of carboxylic acids is 1. The van der Waals surface area contributed by atoms with Crippen molar-refractivity contribution in [2.75, 3.05) is 26.7 Å². The minimum absolute atomic E-state index is 0.0670. The van der Waals surface area contributed by atoms with Crippen molar-refractivity contribution in [1.29, 1.82) is 0 Å². The molecule has 122 valence electrons. The van der Waals surface area contributed by atoms with Crippen LogP contribution >= 0.6 is 0 Å². The number of aliphatic carboxylic acids is 1. The number of nitrogens with zero attached hydrogens (tertiary/aromatic N) is 2. The highest BCUT2D eigenvalue weighted by Crippen LogP contribution is 2.26. The molecule has 2 fully saturated rings. The molecule has 2 N–H and O–H groups in total. The van der Waals surface area contributed by atoms with Crippen LogP contribution in [0.3, 0.4) is 0 Å². The first kappa shape index (κ1) is 16.7. The van der Waals surface area contributed by atoms with Crippen molar-refractivity contribution in [3.05, 3.63) is 0 Å². The summed E-state index contributed by atoms with van der Waals surface area (Å²) in [5.74, 6) is -1.52. The number of nitrogens with one attached hydrogen (secondary N) is 1. The first-order valence-electron chi connectivity index (χ1n) is 7.50. The molecule has 2 atom stereocenters. The summed E-state index contributed by atoms with van der Waals surface area (Å²) in [6, 6.07) is 0.711. The van der Waals surface area contributed by atoms with E-state index in [1.54, 1.807) is 0 Å². The summed E-state index contributed by atoms with van der Waals surface area (Å²) in [5, 5.41) is 9.03. The fourth-order valence-corrected chi connectivity index (χ4v) is 4.05. The molecule has 0 aromatic heterocycles. The van der Waals surface area contributed by atoms with Gasteiger partial charge in [-0.2, -0.15) is 12.7 Å². The third-order valence-corrected chi connectivity index (χ3v) is 6.00. The van der Waals surface area contributed by atoms with E-state index in [4.69, 9.17) is 5.11 Å². The van der Waals surface area contributed by atoms with Gasteiger partial charge in [0.05, 0.1) is 5.92 Å². The highest BCUT2D eigenvalue weighted by Gasteiger charge is 2.33. The van der Waals surface area contributed by atoms with E-state index in [9.17, 15) is 13.2 Å². The summed E-state index contributed by atoms with van der Waals surface area (Å²) in [5.41, 5.74) is 0. The molecule has 1 saturated carbocycles. The van der Waals surface area contributed by atoms with Crippen LogP contribution in [-0.4, -0.2) is 67.5 Å². The fourth-order valence-electron chi connectivity index (χ4n) is 2.67. The van der Waals surface area contributed by atoms with E-state index >= 15 is 0 Å². The molecule has 1 saturated heterocycles. The van der Waals surface area contributed by atoms with Crippen molar-refractivity contribution < 1.29 is 18.3 Å². The van der Waals surface area contributed by atoms with Gasteiger partial charge in [0, 0.05) is 31.7 Å². The summed E-state index contributed by atoms with van der Waals surface area (Å²) in [6.45, 7) is 2.81. The predicted molar refractivity (Wildman–Crippen MR) is 79.1 cm³/mol. The van der Waals surface area contributed by atoms with Crippen LogP contribution in [0.2, 0.25) is 0 Å². The quantitative estimate of drug-likeness (QED) is 0.695. The van der Waals surface area contributed by atoms with Crippen molar-refractivity contribution in [1.82, 2.24) is 13.9 Å². The minimum Gasteiger partial charge on any atom is -0.481 e. The third-order valence-electron chi connectivity index (χ3n) is 4.45. The lowest BCUT2D eigenvalue weighted by molar-refractivity contribution is -0.142. The second-order valence-corrected chi connectivity index (χ2v) is 7.89. The van der Waals surface area contributed by atoms with Gasteiger partial charge in [-0.15, -0.1) is 0 Å². The van der Waals surface area contributed by atoms with Gasteiger partial charge in [-0.05, 0) is 39.7 Å². The zero-order valence-electron chi connectivity index (χ0n) is 12.7. The Morgan fingerprint density at radius 1 is 1.43 bits per heavy atom. The number of carboxylic acid groups (broad SMARTS) is 1. The average molecular weight is 319 g/mol. The summed E-state index contributed by atoms with van der Waals surface area (Å²) in [6.07, 6.45) is 3.50. The van der Waals surface area contributed by atoms with Crippen molar-refractivity contribution in [3.63, 3.8) is 0 Å². The zero-order valence-corrected chi connectivity index (χ0v) is 13.5. The molecule has 2 unspecified atom stereocenters. The van der Waals surface area contributed by atoms with Crippen LogP contribution in [0, 0.1) is 5.92 Å². The monoisotopic (exact) mass is 319 g/mol. The number of hydrogen-bond acceptors (Lipinski definition) is 4. The van der Waals surface area contributed by atoms with Crippen LogP contribution in [0.5, 0.6) is 0 Å². The topological polar surface area (TPSA) is 90.0 Å². The molecule has 7 nitrogen and oxygen atoms in total. The van der Waals surface area contributed by atoms with Crippen LogP contribution in [0.25, 0.3) is 0 Å². The second kappa shape index (κ2) is 6.60. The van der Waals surface area contributed by atoms with E-state index < -0.39 is 22.1 Å². The molecule has 2 aliphatic rings. The Balaban J connectivity index is 1.87. The molecule has 0 aromatic carbocycles. The molecule has 1 aliphatic carbocycles. The number of carbonyl (C=O) groups is 1. The third kappa shape index (κ3) is 4.38. The lowest BCUT2D eigenvalue weighted by atomic mass is 10.0. The molecular weight excluding hydrogens is 294 g/mol. The molecule has 21 heavy (non-hydrogen) atoms. The summed E-state index contributed by atoms with van der Waals surface area (Å²) in [7, 11) is -1.58. The van der Waals surface area contributed by atoms with Gasteiger partial charge in [0.15, 0.2) is 0 Å². The van der Waals surface area contributed by atoms with E-state index in [1.807, 2.05) is 14.0 Å². The Bertz CT molecular complexity index is 478. The second-order valence-electron chi connectivity index (χ2n) is 6.13. The maximum Gasteiger partial charge on any atom is 0.307 e. The molecule has 1 aliphatic heterocycles. The predicted octanol–water partition coefficient (Wildman–Crippen LogP) is 0.100. The van der Waals surface area contributed by atoms with Crippen LogP contribution in [0.1, 0.15) is 32.6 Å². The molecule has 0 spiro atoms. The van der Waals surface area contributed by atoms with E-state index in [0.717, 1.165) is 0 Å². The Morgan fingerprint density at radius 2 is 2.10 bits per heavy atom. The molecule has 1 heterocycles. The van der Waals surface area contributed by atoms with E-state index in [-0.39, 0.29) is 12.6 Å². The molecule has 0 aromatic rings. The van der Waals surface area contributed by atoms with Gasteiger partial charge in [-0.25, -0.2) is 4.72 Å². The highest BCUT2D eigenvalue weighted by molar-refractivity contribution is 7.87. The zero-order chi connectivity index (χ0) is 15.6. The van der Waals surface area contributed by atoms with Gasteiger partial charge in [0.1, 0.15) is 0 Å². The van der Waals surface area contributed by atoms with Crippen LogP contribution in [-0.2, 0) is 15.0 Å². The maximum atomic E-state index is 12.3. The van der Waals surface area contributed by atoms with Gasteiger partial charge in [-0.3, -0.25) is 9.69 Å². The number of rotatable bonds is 7. The first-order chi connectivity index (χ1) is 9.81. The van der Waals surface area contributed by atoms with Crippen molar-refractivity contribution >= 4 is 16.2 Å². The van der Waals surface area contributed by atoms with Crippen LogP contribution in [0.4, 0.5) is 0 Å². The normalized spacial score (nSPS) is 26.0. The summed E-state index contributed by atoms with van der Waals surface area (Å²) < 4.78 is 28.4. The largest absolute Gasteiger partial charge is 0.481 e. The first-order valence-corrected chi connectivity index (χ1v) is 8.94.